The Morgan fingerprint density at radius 2 is 1.96 bits per heavy atom. The number of rotatable bonds is 2. The van der Waals surface area contributed by atoms with Gasteiger partial charge in [0, 0.05) is 12.0 Å². The Morgan fingerprint density at radius 3 is 2.57 bits per heavy atom. The summed E-state index contributed by atoms with van der Waals surface area (Å²) in [5.74, 6) is 0.856. The van der Waals surface area contributed by atoms with E-state index in [0.29, 0.717) is 6.61 Å². The van der Waals surface area contributed by atoms with Crippen molar-refractivity contribution in [2.45, 2.75) is 66.0 Å². The zero-order chi connectivity index (χ0) is 17.3. The molecule has 0 saturated heterocycles. The number of amides is 1. The summed E-state index contributed by atoms with van der Waals surface area (Å²) in [6.45, 7) is 12.9. The molecular weight excluding hydrogens is 290 g/mol. The molecule has 1 N–H and O–H groups in total. The molecule has 0 aliphatic carbocycles. The van der Waals surface area contributed by atoms with E-state index in [1.165, 1.54) is 5.56 Å². The van der Waals surface area contributed by atoms with Crippen molar-refractivity contribution in [2.24, 2.45) is 5.41 Å². The first-order valence-electron chi connectivity index (χ1n) is 8.29. The van der Waals surface area contributed by atoms with Gasteiger partial charge in [0.25, 0.3) is 0 Å². The predicted octanol–water partition coefficient (Wildman–Crippen LogP) is 4.62. The molecule has 1 aromatic carbocycles. The summed E-state index contributed by atoms with van der Waals surface area (Å²) in [7, 11) is 0. The Labute approximate surface area is 139 Å². The van der Waals surface area contributed by atoms with Gasteiger partial charge in [-0.2, -0.15) is 0 Å². The van der Waals surface area contributed by atoms with E-state index in [4.69, 9.17) is 9.47 Å². The van der Waals surface area contributed by atoms with Gasteiger partial charge < -0.3 is 14.8 Å². The highest BCUT2D eigenvalue weighted by Gasteiger charge is 2.26. The number of hydrogen-bond donors (Lipinski definition) is 1. The van der Waals surface area contributed by atoms with Crippen molar-refractivity contribution in [3.63, 3.8) is 0 Å². The summed E-state index contributed by atoms with van der Waals surface area (Å²) in [5, 5.41) is 2.98. The maximum Gasteiger partial charge on any atom is 0.408 e. The van der Waals surface area contributed by atoms with Gasteiger partial charge in [0.05, 0.1) is 12.6 Å². The summed E-state index contributed by atoms with van der Waals surface area (Å²) in [6, 6.07) is 6.22. The van der Waals surface area contributed by atoms with Crippen LogP contribution in [0.15, 0.2) is 18.2 Å². The summed E-state index contributed by atoms with van der Waals surface area (Å²) in [6.07, 6.45) is 1.36. The van der Waals surface area contributed by atoms with Crippen LogP contribution < -0.4 is 10.1 Å². The molecule has 1 aliphatic heterocycles. The van der Waals surface area contributed by atoms with E-state index in [-0.39, 0.29) is 17.6 Å². The highest BCUT2D eigenvalue weighted by molar-refractivity contribution is 5.68. The molecule has 1 aliphatic rings. The maximum absolute atomic E-state index is 12.1. The molecule has 1 unspecified atom stereocenters. The third kappa shape index (κ3) is 5.45. The third-order valence-corrected chi connectivity index (χ3v) is 3.54. The summed E-state index contributed by atoms with van der Waals surface area (Å²) >= 11 is 0. The lowest BCUT2D eigenvalue weighted by Crippen LogP contribution is -2.36. The lowest BCUT2D eigenvalue weighted by atomic mass is 9.86. The highest BCUT2D eigenvalue weighted by atomic mass is 16.6. The number of alkyl carbamates (subject to hydrolysis) is 1. The normalized spacial score (nSPS) is 17.9. The van der Waals surface area contributed by atoms with Gasteiger partial charge in [-0.3, -0.25) is 0 Å². The van der Waals surface area contributed by atoms with Gasteiger partial charge in [0.15, 0.2) is 0 Å². The molecule has 0 bridgehead atoms. The second-order valence-corrected chi connectivity index (χ2v) is 8.45. The van der Waals surface area contributed by atoms with Crippen molar-refractivity contribution >= 4 is 6.09 Å². The number of carbonyl (C=O) groups is 1. The van der Waals surface area contributed by atoms with Crippen LogP contribution in [-0.4, -0.2) is 18.3 Å². The first kappa shape index (κ1) is 17.6. The SMILES string of the molecule is CC(C)(C)Cc1ccc2c(c1)C(NC(=O)OC(C)(C)C)CCO2. The van der Waals surface area contributed by atoms with Gasteiger partial charge in [-0.15, -0.1) is 0 Å². The van der Waals surface area contributed by atoms with Gasteiger partial charge >= 0.3 is 6.09 Å². The van der Waals surface area contributed by atoms with E-state index >= 15 is 0 Å². The molecule has 0 spiro atoms. The first-order valence-corrected chi connectivity index (χ1v) is 8.29. The fourth-order valence-electron chi connectivity index (χ4n) is 2.77. The Hall–Kier alpha value is -1.71. The molecule has 1 heterocycles. The minimum absolute atomic E-state index is 0.0616. The standard InChI is InChI=1S/C19H29NO3/c1-18(2,3)12-13-7-8-16-14(11-13)15(9-10-22-16)20-17(21)23-19(4,5)6/h7-8,11,15H,9-10,12H2,1-6H3,(H,20,21). The second kappa shape index (κ2) is 6.42. The molecule has 128 valence electrons. The number of carbonyl (C=O) groups excluding carboxylic acids is 1. The predicted molar refractivity (Wildman–Crippen MR) is 91.8 cm³/mol. The molecular formula is C19H29NO3. The molecule has 0 fully saturated rings. The lowest BCUT2D eigenvalue weighted by Gasteiger charge is -2.29. The van der Waals surface area contributed by atoms with Gasteiger partial charge in [0.1, 0.15) is 11.4 Å². The van der Waals surface area contributed by atoms with Crippen LogP contribution in [0, 0.1) is 5.41 Å². The molecule has 23 heavy (non-hydrogen) atoms. The van der Waals surface area contributed by atoms with Crippen LogP contribution in [-0.2, 0) is 11.2 Å². The maximum atomic E-state index is 12.1. The minimum atomic E-state index is -0.494. The quantitative estimate of drug-likeness (QED) is 0.865. The van der Waals surface area contributed by atoms with Gasteiger partial charge in [-0.05, 0) is 44.2 Å². The van der Waals surface area contributed by atoms with E-state index < -0.39 is 5.60 Å². The Bertz CT molecular complexity index is 567. The first-order chi connectivity index (χ1) is 10.5. The van der Waals surface area contributed by atoms with Gasteiger partial charge in [-0.25, -0.2) is 4.79 Å². The average molecular weight is 319 g/mol. The van der Waals surface area contributed by atoms with Gasteiger partial charge in [0.2, 0.25) is 0 Å². The molecule has 4 nitrogen and oxygen atoms in total. The molecule has 2 rings (SSSR count). The summed E-state index contributed by atoms with van der Waals surface area (Å²) in [5.41, 5.74) is 2.03. The smallest absolute Gasteiger partial charge is 0.408 e. The Morgan fingerprint density at radius 1 is 1.26 bits per heavy atom. The average Bonchev–Trinajstić information content (AvgIpc) is 2.35. The lowest BCUT2D eigenvalue weighted by molar-refractivity contribution is 0.0491. The topological polar surface area (TPSA) is 47.6 Å². The zero-order valence-electron chi connectivity index (χ0n) is 15.2. The fraction of sp³-hybridized carbons (Fsp3) is 0.632. The largest absolute Gasteiger partial charge is 0.493 e. The highest BCUT2D eigenvalue weighted by Crippen LogP contribution is 2.34. The van der Waals surface area contributed by atoms with Crippen LogP contribution in [0.5, 0.6) is 5.75 Å². The summed E-state index contributed by atoms with van der Waals surface area (Å²) < 4.78 is 11.1. The molecule has 0 aromatic heterocycles. The number of fused-ring (bicyclic) bond motifs is 1. The monoisotopic (exact) mass is 319 g/mol. The van der Waals surface area contributed by atoms with E-state index in [1.807, 2.05) is 26.8 Å². The van der Waals surface area contributed by atoms with Crippen molar-refractivity contribution in [1.82, 2.24) is 5.32 Å². The van der Waals surface area contributed by atoms with E-state index in [1.54, 1.807) is 0 Å². The van der Waals surface area contributed by atoms with Crippen molar-refractivity contribution in [1.29, 1.82) is 0 Å². The van der Waals surface area contributed by atoms with Crippen LogP contribution in [0.2, 0.25) is 0 Å². The Balaban J connectivity index is 2.16. The van der Waals surface area contributed by atoms with Crippen molar-refractivity contribution in [3.05, 3.63) is 29.3 Å². The van der Waals surface area contributed by atoms with Crippen molar-refractivity contribution in [2.75, 3.05) is 6.61 Å². The fourth-order valence-corrected chi connectivity index (χ4v) is 2.77. The molecule has 0 saturated carbocycles. The van der Waals surface area contributed by atoms with E-state index in [0.717, 1.165) is 24.2 Å². The van der Waals surface area contributed by atoms with Crippen LogP contribution in [0.1, 0.15) is 65.1 Å². The van der Waals surface area contributed by atoms with Crippen LogP contribution in [0.4, 0.5) is 4.79 Å². The van der Waals surface area contributed by atoms with E-state index in [9.17, 15) is 4.79 Å². The minimum Gasteiger partial charge on any atom is -0.493 e. The van der Waals surface area contributed by atoms with E-state index in [2.05, 4.69) is 38.2 Å². The number of benzene rings is 1. The zero-order valence-corrected chi connectivity index (χ0v) is 15.2. The molecule has 4 heteroatoms. The van der Waals surface area contributed by atoms with Gasteiger partial charge in [-0.1, -0.05) is 32.9 Å². The van der Waals surface area contributed by atoms with Crippen LogP contribution in [0.25, 0.3) is 0 Å². The van der Waals surface area contributed by atoms with Crippen molar-refractivity contribution < 1.29 is 14.3 Å². The number of ether oxygens (including phenoxy) is 2. The Kier molecular flexibility index (Phi) is 4.92. The van der Waals surface area contributed by atoms with Crippen LogP contribution in [0.3, 0.4) is 0 Å². The third-order valence-electron chi connectivity index (χ3n) is 3.54. The molecule has 1 atom stereocenters. The number of nitrogens with one attached hydrogen (secondary N) is 1. The number of hydrogen-bond acceptors (Lipinski definition) is 3. The molecule has 0 radical (unpaired) electrons. The second-order valence-electron chi connectivity index (χ2n) is 8.45. The van der Waals surface area contributed by atoms with Crippen molar-refractivity contribution in [3.8, 4) is 5.75 Å². The molecule has 1 amide bonds. The van der Waals surface area contributed by atoms with Crippen LogP contribution >= 0.6 is 0 Å². The summed E-state index contributed by atoms with van der Waals surface area (Å²) in [4.78, 5) is 12.1. The molecule has 1 aromatic rings.